The highest BCUT2D eigenvalue weighted by Crippen LogP contribution is 2.26. The molecule has 2 aromatic rings. The molecule has 1 heterocycles. The summed E-state index contributed by atoms with van der Waals surface area (Å²) in [5.74, 6) is 1.22. The van der Waals surface area contributed by atoms with Gasteiger partial charge in [-0.1, -0.05) is 32.0 Å². The fourth-order valence-electron chi connectivity index (χ4n) is 2.07. The first-order chi connectivity index (χ1) is 9.63. The molecule has 2 rings (SSSR count). The molecule has 0 saturated carbocycles. The second kappa shape index (κ2) is 6.48. The Morgan fingerprint density at radius 3 is 2.50 bits per heavy atom. The van der Waals surface area contributed by atoms with E-state index in [0.29, 0.717) is 5.92 Å². The SMILES string of the molecule is CNCc1nc(C(C)C)ncc1N(C)c1ccccc1. The topological polar surface area (TPSA) is 41.1 Å². The summed E-state index contributed by atoms with van der Waals surface area (Å²) in [6.07, 6.45) is 1.92. The van der Waals surface area contributed by atoms with Crippen molar-refractivity contribution in [3.63, 3.8) is 0 Å². The third-order valence-electron chi connectivity index (χ3n) is 3.23. The minimum absolute atomic E-state index is 0.335. The maximum absolute atomic E-state index is 4.69. The molecular weight excluding hydrogens is 248 g/mol. The molecule has 4 nitrogen and oxygen atoms in total. The highest BCUT2D eigenvalue weighted by molar-refractivity contribution is 5.63. The highest BCUT2D eigenvalue weighted by atomic mass is 15.1. The van der Waals surface area contributed by atoms with Gasteiger partial charge in [0.2, 0.25) is 0 Å². The Hall–Kier alpha value is -1.94. The van der Waals surface area contributed by atoms with Crippen molar-refractivity contribution in [3.05, 3.63) is 48.0 Å². The van der Waals surface area contributed by atoms with Crippen LogP contribution in [0.3, 0.4) is 0 Å². The Kier molecular flexibility index (Phi) is 4.69. The van der Waals surface area contributed by atoms with Crippen molar-refractivity contribution in [2.75, 3.05) is 19.0 Å². The van der Waals surface area contributed by atoms with E-state index in [2.05, 4.69) is 41.2 Å². The maximum atomic E-state index is 4.69. The summed E-state index contributed by atoms with van der Waals surface area (Å²) in [6.45, 7) is 4.95. The fraction of sp³-hybridized carbons (Fsp3) is 0.375. The molecule has 1 aromatic heterocycles. The van der Waals surface area contributed by atoms with Gasteiger partial charge in [-0.3, -0.25) is 0 Å². The van der Waals surface area contributed by atoms with Crippen LogP contribution in [0.15, 0.2) is 36.5 Å². The lowest BCUT2D eigenvalue weighted by Gasteiger charge is -2.22. The summed E-state index contributed by atoms with van der Waals surface area (Å²) in [7, 11) is 3.98. The van der Waals surface area contributed by atoms with Crippen LogP contribution in [0.5, 0.6) is 0 Å². The van der Waals surface area contributed by atoms with E-state index in [-0.39, 0.29) is 0 Å². The number of anilines is 2. The lowest BCUT2D eigenvalue weighted by atomic mass is 10.2. The second-order valence-electron chi connectivity index (χ2n) is 5.14. The van der Waals surface area contributed by atoms with Crippen LogP contribution in [0, 0.1) is 0 Å². The summed E-state index contributed by atoms with van der Waals surface area (Å²) in [6, 6.07) is 10.3. The Balaban J connectivity index is 2.40. The van der Waals surface area contributed by atoms with Crippen LogP contribution >= 0.6 is 0 Å². The standard InChI is InChI=1S/C16H22N4/c1-12(2)16-18-11-15(14(19-16)10-17-3)20(4)13-8-6-5-7-9-13/h5-9,11-12,17H,10H2,1-4H3. The third-order valence-corrected chi connectivity index (χ3v) is 3.23. The van der Waals surface area contributed by atoms with Crippen LogP contribution in [0.4, 0.5) is 11.4 Å². The molecule has 1 N–H and O–H groups in total. The van der Waals surface area contributed by atoms with Gasteiger partial charge in [0.05, 0.1) is 17.6 Å². The maximum Gasteiger partial charge on any atom is 0.131 e. The number of nitrogens with zero attached hydrogens (tertiary/aromatic N) is 3. The van der Waals surface area contributed by atoms with Gasteiger partial charge in [0.1, 0.15) is 5.82 Å². The van der Waals surface area contributed by atoms with Gasteiger partial charge in [-0.15, -0.1) is 0 Å². The van der Waals surface area contributed by atoms with Crippen LogP contribution in [0.2, 0.25) is 0 Å². The van der Waals surface area contributed by atoms with Crippen LogP contribution < -0.4 is 10.2 Å². The van der Waals surface area contributed by atoms with Crippen molar-refractivity contribution in [2.24, 2.45) is 0 Å². The number of aromatic nitrogens is 2. The van der Waals surface area contributed by atoms with Crippen molar-refractivity contribution in [1.29, 1.82) is 0 Å². The summed E-state index contributed by atoms with van der Waals surface area (Å²) in [4.78, 5) is 11.3. The van der Waals surface area contributed by atoms with E-state index in [1.165, 1.54) is 0 Å². The van der Waals surface area contributed by atoms with Gasteiger partial charge in [0, 0.05) is 25.2 Å². The number of hydrogen-bond acceptors (Lipinski definition) is 4. The Bertz CT molecular complexity index is 552. The predicted molar refractivity (Wildman–Crippen MR) is 83.4 cm³/mol. The number of nitrogens with one attached hydrogen (secondary N) is 1. The summed E-state index contributed by atoms with van der Waals surface area (Å²) >= 11 is 0. The summed E-state index contributed by atoms with van der Waals surface area (Å²) in [5.41, 5.74) is 3.19. The number of benzene rings is 1. The van der Waals surface area contributed by atoms with Crippen molar-refractivity contribution >= 4 is 11.4 Å². The molecule has 20 heavy (non-hydrogen) atoms. The fourth-order valence-corrected chi connectivity index (χ4v) is 2.07. The van der Waals surface area contributed by atoms with Crippen LogP contribution in [-0.4, -0.2) is 24.1 Å². The average Bonchev–Trinajstić information content (AvgIpc) is 2.47. The molecule has 0 aliphatic rings. The largest absolute Gasteiger partial charge is 0.342 e. The molecule has 0 aliphatic heterocycles. The molecule has 0 amide bonds. The van der Waals surface area contributed by atoms with Gasteiger partial charge in [-0.05, 0) is 19.2 Å². The van der Waals surface area contributed by atoms with Gasteiger partial charge >= 0.3 is 0 Å². The number of rotatable bonds is 5. The van der Waals surface area contributed by atoms with Gasteiger partial charge < -0.3 is 10.2 Å². The zero-order valence-corrected chi connectivity index (χ0v) is 12.6. The van der Waals surface area contributed by atoms with E-state index in [1.807, 2.05) is 38.5 Å². The van der Waals surface area contributed by atoms with E-state index in [9.17, 15) is 0 Å². The summed E-state index contributed by atoms with van der Waals surface area (Å²) < 4.78 is 0. The lowest BCUT2D eigenvalue weighted by Crippen LogP contribution is -2.18. The Morgan fingerprint density at radius 1 is 1.20 bits per heavy atom. The van der Waals surface area contributed by atoms with E-state index in [0.717, 1.165) is 29.4 Å². The minimum Gasteiger partial charge on any atom is -0.342 e. The quantitative estimate of drug-likeness (QED) is 0.906. The Morgan fingerprint density at radius 2 is 1.90 bits per heavy atom. The van der Waals surface area contributed by atoms with Crippen molar-refractivity contribution < 1.29 is 0 Å². The molecule has 0 saturated heterocycles. The minimum atomic E-state index is 0.335. The zero-order chi connectivity index (χ0) is 14.5. The number of hydrogen-bond donors (Lipinski definition) is 1. The smallest absolute Gasteiger partial charge is 0.131 e. The molecule has 0 spiro atoms. The van der Waals surface area contributed by atoms with Gasteiger partial charge in [-0.2, -0.15) is 0 Å². The first kappa shape index (κ1) is 14.5. The van der Waals surface area contributed by atoms with Gasteiger partial charge in [0.15, 0.2) is 0 Å². The normalized spacial score (nSPS) is 10.8. The van der Waals surface area contributed by atoms with Crippen LogP contribution in [0.1, 0.15) is 31.3 Å². The molecule has 0 radical (unpaired) electrons. The molecule has 0 unspecified atom stereocenters. The molecule has 0 bridgehead atoms. The lowest BCUT2D eigenvalue weighted by molar-refractivity contribution is 0.725. The summed E-state index contributed by atoms with van der Waals surface area (Å²) in [5, 5.41) is 3.18. The van der Waals surface area contributed by atoms with Crippen molar-refractivity contribution in [2.45, 2.75) is 26.3 Å². The molecule has 0 fully saturated rings. The van der Waals surface area contributed by atoms with Crippen LogP contribution in [-0.2, 0) is 6.54 Å². The molecule has 4 heteroatoms. The van der Waals surface area contributed by atoms with Crippen molar-refractivity contribution in [1.82, 2.24) is 15.3 Å². The first-order valence-electron chi connectivity index (χ1n) is 6.92. The highest BCUT2D eigenvalue weighted by Gasteiger charge is 2.13. The second-order valence-corrected chi connectivity index (χ2v) is 5.14. The molecule has 1 aromatic carbocycles. The molecule has 106 valence electrons. The average molecular weight is 270 g/mol. The predicted octanol–water partition coefficient (Wildman–Crippen LogP) is 3.09. The number of para-hydroxylation sites is 1. The third kappa shape index (κ3) is 3.14. The molecular formula is C16H22N4. The molecule has 0 atom stereocenters. The van der Waals surface area contributed by atoms with Gasteiger partial charge in [0.25, 0.3) is 0 Å². The van der Waals surface area contributed by atoms with Gasteiger partial charge in [-0.25, -0.2) is 9.97 Å². The van der Waals surface area contributed by atoms with E-state index in [1.54, 1.807) is 0 Å². The van der Waals surface area contributed by atoms with E-state index in [4.69, 9.17) is 4.98 Å². The Labute approximate surface area is 120 Å². The van der Waals surface area contributed by atoms with E-state index < -0.39 is 0 Å². The molecule has 0 aliphatic carbocycles. The first-order valence-corrected chi connectivity index (χ1v) is 6.92. The van der Waals surface area contributed by atoms with E-state index >= 15 is 0 Å². The van der Waals surface area contributed by atoms with Crippen molar-refractivity contribution in [3.8, 4) is 0 Å². The zero-order valence-electron chi connectivity index (χ0n) is 12.6. The van der Waals surface area contributed by atoms with Crippen LogP contribution in [0.25, 0.3) is 0 Å². The monoisotopic (exact) mass is 270 g/mol.